The van der Waals surface area contributed by atoms with E-state index in [1.54, 1.807) is 0 Å². The van der Waals surface area contributed by atoms with E-state index < -0.39 is 0 Å². The van der Waals surface area contributed by atoms with E-state index in [-0.39, 0.29) is 11.8 Å². The van der Waals surface area contributed by atoms with E-state index in [1.165, 1.54) is 0 Å². The molecule has 1 rings (SSSR count). The lowest BCUT2D eigenvalue weighted by Gasteiger charge is -2.28. The lowest BCUT2D eigenvalue weighted by molar-refractivity contribution is -0.133. The van der Waals surface area contributed by atoms with E-state index in [9.17, 15) is 4.79 Å². The number of halogens is 1. The molecule has 1 atom stereocenters. The largest absolute Gasteiger partial charge is 0.341 e. The van der Waals surface area contributed by atoms with Crippen molar-refractivity contribution in [2.45, 2.75) is 6.92 Å². The molecule has 2 nitrogen and oxygen atoms in total. The van der Waals surface area contributed by atoms with E-state index in [0.29, 0.717) is 5.88 Å². The highest BCUT2D eigenvalue weighted by Crippen LogP contribution is 2.12. The predicted octanol–water partition coefficient (Wildman–Crippen LogP) is 1.44. The average molecular weight is 208 g/mol. The molecule has 0 aromatic heterocycles. The van der Waals surface area contributed by atoms with Gasteiger partial charge >= 0.3 is 0 Å². The van der Waals surface area contributed by atoms with Crippen molar-refractivity contribution in [1.82, 2.24) is 4.90 Å². The summed E-state index contributed by atoms with van der Waals surface area (Å²) in [6, 6.07) is 0. The minimum absolute atomic E-state index is 0.0187. The second-order valence-corrected chi connectivity index (χ2v) is 4.53. The first kappa shape index (κ1) is 10.2. The Labute approximate surface area is 82.6 Å². The molecule has 0 aliphatic carbocycles. The molecule has 4 heteroatoms. The first-order valence-electron chi connectivity index (χ1n) is 4.18. The summed E-state index contributed by atoms with van der Waals surface area (Å²) in [6.45, 7) is 3.67. The van der Waals surface area contributed by atoms with Crippen molar-refractivity contribution in [3.8, 4) is 0 Å². The van der Waals surface area contributed by atoms with Crippen molar-refractivity contribution in [2.75, 3.05) is 30.5 Å². The standard InChI is InChI=1S/C8H14ClNOS/c1-7(6-9)8(11)10-2-4-12-5-3-10/h7H,2-6H2,1H3. The zero-order chi connectivity index (χ0) is 8.97. The molecule has 1 heterocycles. The molecule has 0 saturated carbocycles. The van der Waals surface area contributed by atoms with Crippen LogP contribution >= 0.6 is 23.4 Å². The summed E-state index contributed by atoms with van der Waals surface area (Å²) in [4.78, 5) is 13.5. The highest BCUT2D eigenvalue weighted by Gasteiger charge is 2.21. The van der Waals surface area contributed by atoms with Gasteiger partial charge in [0.15, 0.2) is 0 Å². The average Bonchev–Trinajstić information content (AvgIpc) is 2.17. The Hall–Kier alpha value is 0.110. The molecule has 1 fully saturated rings. The molecule has 1 amide bonds. The third-order valence-corrected chi connectivity index (χ3v) is 3.38. The van der Waals surface area contributed by atoms with Crippen LogP contribution in [0.1, 0.15) is 6.92 Å². The van der Waals surface area contributed by atoms with Gasteiger partial charge in [-0.2, -0.15) is 11.8 Å². The van der Waals surface area contributed by atoms with Crippen LogP contribution in [0.5, 0.6) is 0 Å². The fourth-order valence-corrected chi connectivity index (χ4v) is 2.20. The van der Waals surface area contributed by atoms with Gasteiger partial charge in [-0.05, 0) is 0 Å². The van der Waals surface area contributed by atoms with Crippen molar-refractivity contribution in [3.63, 3.8) is 0 Å². The summed E-state index contributed by atoms with van der Waals surface area (Å²) in [5.74, 6) is 2.77. The molecular formula is C8H14ClNOS. The lowest BCUT2D eigenvalue weighted by atomic mass is 10.2. The lowest BCUT2D eigenvalue weighted by Crippen LogP contribution is -2.41. The Bertz CT molecular complexity index is 159. The first-order chi connectivity index (χ1) is 5.75. The summed E-state index contributed by atoms with van der Waals surface area (Å²) < 4.78 is 0. The molecule has 0 radical (unpaired) electrons. The molecular weight excluding hydrogens is 194 g/mol. The number of nitrogens with zero attached hydrogens (tertiary/aromatic N) is 1. The van der Waals surface area contributed by atoms with E-state index >= 15 is 0 Å². The molecule has 1 unspecified atom stereocenters. The summed E-state index contributed by atoms with van der Waals surface area (Å²) in [6.07, 6.45) is 0. The van der Waals surface area contributed by atoms with Gasteiger partial charge in [0.25, 0.3) is 0 Å². The topological polar surface area (TPSA) is 20.3 Å². The Morgan fingerprint density at radius 2 is 2.17 bits per heavy atom. The van der Waals surface area contributed by atoms with Crippen LogP contribution in [0, 0.1) is 5.92 Å². The molecule has 70 valence electrons. The zero-order valence-corrected chi connectivity index (χ0v) is 8.83. The summed E-state index contributed by atoms with van der Waals surface area (Å²) in [7, 11) is 0. The normalized spacial score (nSPS) is 20.7. The fraction of sp³-hybridized carbons (Fsp3) is 0.875. The maximum Gasteiger partial charge on any atom is 0.226 e. The van der Waals surface area contributed by atoms with Crippen LogP contribution in [0.3, 0.4) is 0 Å². The quantitative estimate of drug-likeness (QED) is 0.639. The third kappa shape index (κ3) is 2.56. The van der Waals surface area contributed by atoms with Crippen molar-refractivity contribution < 1.29 is 4.79 Å². The van der Waals surface area contributed by atoms with Crippen LogP contribution in [-0.2, 0) is 4.79 Å². The number of carbonyl (C=O) groups is 1. The van der Waals surface area contributed by atoms with Gasteiger partial charge in [0, 0.05) is 36.4 Å². The third-order valence-electron chi connectivity index (χ3n) is 1.98. The molecule has 0 aromatic rings. The molecule has 1 saturated heterocycles. The number of thioether (sulfide) groups is 1. The van der Waals surface area contributed by atoms with Crippen molar-refractivity contribution in [1.29, 1.82) is 0 Å². The van der Waals surface area contributed by atoms with Crippen LogP contribution in [0.15, 0.2) is 0 Å². The minimum atomic E-state index is -0.0187. The van der Waals surface area contributed by atoms with Crippen molar-refractivity contribution >= 4 is 29.3 Å². The molecule has 12 heavy (non-hydrogen) atoms. The second-order valence-electron chi connectivity index (χ2n) is 2.99. The number of alkyl halides is 1. The van der Waals surface area contributed by atoms with Crippen LogP contribution < -0.4 is 0 Å². The van der Waals surface area contributed by atoms with E-state index in [2.05, 4.69) is 0 Å². The van der Waals surface area contributed by atoms with Gasteiger partial charge in [0.1, 0.15) is 0 Å². The van der Waals surface area contributed by atoms with E-state index in [1.807, 2.05) is 23.6 Å². The molecule has 1 aliphatic rings. The molecule has 0 N–H and O–H groups in total. The maximum atomic E-state index is 11.6. The van der Waals surface area contributed by atoms with Crippen LogP contribution in [-0.4, -0.2) is 41.3 Å². The summed E-state index contributed by atoms with van der Waals surface area (Å²) >= 11 is 7.52. The SMILES string of the molecule is CC(CCl)C(=O)N1CCSCC1. The smallest absolute Gasteiger partial charge is 0.226 e. The van der Waals surface area contributed by atoms with Gasteiger partial charge in [-0.15, -0.1) is 11.6 Å². The Kier molecular flexibility index (Phi) is 4.22. The monoisotopic (exact) mass is 207 g/mol. The van der Waals surface area contributed by atoms with E-state index in [0.717, 1.165) is 24.6 Å². The van der Waals surface area contributed by atoms with Gasteiger partial charge in [-0.1, -0.05) is 6.92 Å². The number of carbonyl (C=O) groups excluding carboxylic acids is 1. The van der Waals surface area contributed by atoms with Gasteiger partial charge in [-0.3, -0.25) is 4.79 Å². The van der Waals surface area contributed by atoms with Gasteiger partial charge < -0.3 is 4.90 Å². The van der Waals surface area contributed by atoms with Gasteiger partial charge in [0.2, 0.25) is 5.91 Å². The molecule has 0 bridgehead atoms. The molecule has 1 aliphatic heterocycles. The van der Waals surface area contributed by atoms with Crippen LogP contribution in [0.2, 0.25) is 0 Å². The van der Waals surface area contributed by atoms with Crippen molar-refractivity contribution in [3.05, 3.63) is 0 Å². The highest BCUT2D eigenvalue weighted by molar-refractivity contribution is 7.99. The van der Waals surface area contributed by atoms with Crippen molar-refractivity contribution in [2.24, 2.45) is 5.92 Å². The summed E-state index contributed by atoms with van der Waals surface area (Å²) in [5.41, 5.74) is 0. The van der Waals surface area contributed by atoms with Gasteiger partial charge in [0.05, 0.1) is 0 Å². The number of hydrogen-bond donors (Lipinski definition) is 0. The first-order valence-corrected chi connectivity index (χ1v) is 5.87. The van der Waals surface area contributed by atoms with Crippen LogP contribution in [0.25, 0.3) is 0 Å². The number of rotatable bonds is 2. The number of hydrogen-bond acceptors (Lipinski definition) is 2. The predicted molar refractivity (Wildman–Crippen MR) is 53.8 cm³/mol. The molecule has 0 spiro atoms. The fourth-order valence-electron chi connectivity index (χ4n) is 1.16. The zero-order valence-electron chi connectivity index (χ0n) is 7.25. The molecule has 0 aromatic carbocycles. The highest BCUT2D eigenvalue weighted by atomic mass is 35.5. The number of amides is 1. The Morgan fingerprint density at radius 3 is 2.67 bits per heavy atom. The minimum Gasteiger partial charge on any atom is -0.341 e. The summed E-state index contributed by atoms with van der Waals surface area (Å²) in [5, 5.41) is 0. The Morgan fingerprint density at radius 1 is 1.58 bits per heavy atom. The Balaban J connectivity index is 2.39. The second kappa shape index (κ2) is 4.97. The van der Waals surface area contributed by atoms with Crippen LogP contribution in [0.4, 0.5) is 0 Å². The van der Waals surface area contributed by atoms with E-state index in [4.69, 9.17) is 11.6 Å². The van der Waals surface area contributed by atoms with Gasteiger partial charge in [-0.25, -0.2) is 0 Å². The maximum absolute atomic E-state index is 11.6.